The molecular formula is C16H14BrFN4O2. The van der Waals surface area contributed by atoms with Crippen LogP contribution in [0.3, 0.4) is 0 Å². The Labute approximate surface area is 145 Å². The lowest BCUT2D eigenvalue weighted by atomic mass is 10.1. The average Bonchev–Trinajstić information content (AvgIpc) is 3.14. The van der Waals surface area contributed by atoms with E-state index in [4.69, 9.17) is 5.26 Å². The molecule has 0 spiro atoms. The van der Waals surface area contributed by atoms with Gasteiger partial charge in [0.2, 0.25) is 5.91 Å². The highest BCUT2D eigenvalue weighted by Crippen LogP contribution is 2.22. The van der Waals surface area contributed by atoms with Crippen molar-refractivity contribution in [3.8, 4) is 6.07 Å². The lowest BCUT2D eigenvalue weighted by molar-refractivity contribution is -0.130. The van der Waals surface area contributed by atoms with Gasteiger partial charge in [-0.3, -0.25) is 9.59 Å². The Morgan fingerprint density at radius 1 is 1.50 bits per heavy atom. The highest BCUT2D eigenvalue weighted by molar-refractivity contribution is 9.10. The number of carbonyl (C=O) groups excluding carboxylic acids is 2. The molecule has 3 rings (SSSR count). The summed E-state index contributed by atoms with van der Waals surface area (Å²) in [6.07, 6.45) is 0.400. The normalized spacial score (nSPS) is 20.1. The number of nitrogens with one attached hydrogen (secondary N) is 2. The van der Waals surface area contributed by atoms with Gasteiger partial charge in [0.25, 0.3) is 5.91 Å². The molecular weight excluding hydrogens is 379 g/mol. The Hall–Kier alpha value is -2.40. The molecule has 1 aromatic heterocycles. The van der Waals surface area contributed by atoms with E-state index in [2.05, 4.69) is 26.2 Å². The van der Waals surface area contributed by atoms with Gasteiger partial charge >= 0.3 is 0 Å². The molecule has 1 fully saturated rings. The number of alkyl halides is 1. The first-order valence-electron chi connectivity index (χ1n) is 7.37. The van der Waals surface area contributed by atoms with Crippen molar-refractivity contribution in [1.82, 2.24) is 15.2 Å². The van der Waals surface area contributed by atoms with Crippen LogP contribution in [-0.4, -0.2) is 47.0 Å². The van der Waals surface area contributed by atoms with E-state index in [0.29, 0.717) is 5.56 Å². The van der Waals surface area contributed by atoms with E-state index in [1.807, 2.05) is 18.2 Å². The molecule has 8 heteroatoms. The maximum atomic E-state index is 13.4. The molecule has 124 valence electrons. The zero-order chi connectivity index (χ0) is 17.3. The number of nitriles is 1. The molecule has 1 saturated heterocycles. The van der Waals surface area contributed by atoms with Crippen LogP contribution in [0.15, 0.2) is 28.9 Å². The van der Waals surface area contributed by atoms with Crippen LogP contribution >= 0.6 is 15.9 Å². The van der Waals surface area contributed by atoms with E-state index in [1.165, 1.54) is 4.90 Å². The third-order valence-corrected chi connectivity index (χ3v) is 4.50. The summed E-state index contributed by atoms with van der Waals surface area (Å²) in [5.41, 5.74) is 1.22. The van der Waals surface area contributed by atoms with Gasteiger partial charge < -0.3 is 15.2 Å². The number of aromatic amines is 1. The average molecular weight is 393 g/mol. The number of halogens is 2. The van der Waals surface area contributed by atoms with Gasteiger partial charge in [0.15, 0.2) is 0 Å². The van der Waals surface area contributed by atoms with Crippen LogP contribution in [0.4, 0.5) is 4.39 Å². The van der Waals surface area contributed by atoms with E-state index in [-0.39, 0.29) is 19.5 Å². The van der Waals surface area contributed by atoms with Gasteiger partial charge in [-0.15, -0.1) is 0 Å². The van der Waals surface area contributed by atoms with Crippen LogP contribution in [0.2, 0.25) is 0 Å². The van der Waals surface area contributed by atoms with Crippen molar-refractivity contribution < 1.29 is 14.0 Å². The van der Waals surface area contributed by atoms with Crippen LogP contribution < -0.4 is 5.32 Å². The number of rotatable bonds is 3. The predicted molar refractivity (Wildman–Crippen MR) is 89.0 cm³/mol. The third kappa shape index (κ3) is 3.12. The molecule has 2 N–H and O–H groups in total. The fourth-order valence-corrected chi connectivity index (χ4v) is 3.18. The lowest BCUT2D eigenvalue weighted by Crippen LogP contribution is -2.42. The minimum Gasteiger partial charge on any atom is -0.360 e. The number of carbonyl (C=O) groups is 2. The number of amides is 2. The van der Waals surface area contributed by atoms with Gasteiger partial charge in [0, 0.05) is 28.0 Å². The summed E-state index contributed by atoms with van der Waals surface area (Å²) in [4.78, 5) is 28.6. The van der Waals surface area contributed by atoms with Gasteiger partial charge in [-0.2, -0.15) is 5.26 Å². The van der Waals surface area contributed by atoms with Gasteiger partial charge in [-0.25, -0.2) is 4.39 Å². The highest BCUT2D eigenvalue weighted by Gasteiger charge is 2.35. The molecule has 2 amide bonds. The minimum atomic E-state index is -1.19. The number of fused-ring (bicyclic) bond motifs is 1. The Balaban J connectivity index is 1.67. The molecule has 1 unspecified atom stereocenters. The second kappa shape index (κ2) is 6.61. The maximum Gasteiger partial charge on any atom is 0.253 e. The molecule has 0 saturated carbocycles. The van der Waals surface area contributed by atoms with Crippen molar-refractivity contribution in [2.24, 2.45) is 0 Å². The SMILES string of the molecule is N#C[C@@H]1CC(F)CN1C(=O)CNC(=O)c1c[nH]c2cc(Br)ccc12. The standard InChI is InChI=1S/C16H14BrFN4O2/c17-9-1-2-12-13(6-20-14(12)3-9)16(24)21-7-15(23)22-8-10(18)4-11(22)5-19/h1-3,6,10-11,20H,4,7-8H2,(H,21,24)/t10?,11-/m0/s1. The molecule has 0 aliphatic carbocycles. The number of hydrogen-bond acceptors (Lipinski definition) is 3. The number of H-pyrrole nitrogens is 1. The summed E-state index contributed by atoms with van der Waals surface area (Å²) in [6, 6.07) is 6.61. The van der Waals surface area contributed by atoms with Crippen LogP contribution in [0.1, 0.15) is 16.8 Å². The predicted octanol–water partition coefficient (Wildman–Crippen LogP) is 2.12. The first kappa shape index (κ1) is 16.5. The molecule has 1 aromatic carbocycles. The fourth-order valence-electron chi connectivity index (χ4n) is 2.82. The number of aromatic nitrogens is 1. The second-order valence-electron chi connectivity index (χ2n) is 5.60. The highest BCUT2D eigenvalue weighted by atomic mass is 79.9. The summed E-state index contributed by atoms with van der Waals surface area (Å²) in [7, 11) is 0. The zero-order valence-electron chi connectivity index (χ0n) is 12.6. The lowest BCUT2D eigenvalue weighted by Gasteiger charge is -2.19. The molecule has 24 heavy (non-hydrogen) atoms. The molecule has 2 atom stereocenters. The summed E-state index contributed by atoms with van der Waals surface area (Å²) in [5.74, 6) is -0.862. The van der Waals surface area contributed by atoms with Crippen molar-refractivity contribution in [3.05, 3.63) is 34.4 Å². The van der Waals surface area contributed by atoms with Crippen molar-refractivity contribution in [1.29, 1.82) is 5.26 Å². The number of nitrogens with zero attached hydrogens (tertiary/aromatic N) is 2. The molecule has 0 bridgehead atoms. The Kier molecular flexibility index (Phi) is 4.53. The second-order valence-corrected chi connectivity index (χ2v) is 6.51. The van der Waals surface area contributed by atoms with Gasteiger partial charge in [0.1, 0.15) is 12.2 Å². The summed E-state index contributed by atoms with van der Waals surface area (Å²) < 4.78 is 14.2. The Morgan fingerprint density at radius 3 is 3.04 bits per heavy atom. The van der Waals surface area contributed by atoms with Crippen molar-refractivity contribution >= 4 is 38.6 Å². The molecule has 1 aliphatic rings. The van der Waals surface area contributed by atoms with E-state index < -0.39 is 24.0 Å². The van der Waals surface area contributed by atoms with Crippen molar-refractivity contribution in [2.75, 3.05) is 13.1 Å². The monoisotopic (exact) mass is 392 g/mol. The first-order valence-corrected chi connectivity index (χ1v) is 8.17. The zero-order valence-corrected chi connectivity index (χ0v) is 14.1. The smallest absolute Gasteiger partial charge is 0.253 e. The van der Waals surface area contributed by atoms with Crippen LogP contribution in [0, 0.1) is 11.3 Å². The summed E-state index contributed by atoms with van der Waals surface area (Å²) in [5, 5.41) is 12.2. The number of hydrogen-bond donors (Lipinski definition) is 2. The molecule has 6 nitrogen and oxygen atoms in total. The van der Waals surface area contributed by atoms with Gasteiger partial charge in [-0.05, 0) is 12.1 Å². The maximum absolute atomic E-state index is 13.4. The van der Waals surface area contributed by atoms with E-state index in [0.717, 1.165) is 15.4 Å². The minimum absolute atomic E-state index is 0.0213. The number of likely N-dealkylation sites (tertiary alicyclic amines) is 1. The van der Waals surface area contributed by atoms with E-state index in [9.17, 15) is 14.0 Å². The van der Waals surface area contributed by atoms with Crippen molar-refractivity contribution in [2.45, 2.75) is 18.6 Å². The van der Waals surface area contributed by atoms with Crippen LogP contribution in [0.5, 0.6) is 0 Å². The third-order valence-electron chi connectivity index (χ3n) is 4.01. The number of benzene rings is 1. The molecule has 2 heterocycles. The van der Waals surface area contributed by atoms with E-state index >= 15 is 0 Å². The summed E-state index contributed by atoms with van der Waals surface area (Å²) >= 11 is 3.36. The Morgan fingerprint density at radius 2 is 2.29 bits per heavy atom. The molecule has 0 radical (unpaired) electrons. The quantitative estimate of drug-likeness (QED) is 0.838. The topological polar surface area (TPSA) is 89.0 Å². The van der Waals surface area contributed by atoms with E-state index in [1.54, 1.807) is 12.3 Å². The molecule has 2 aromatic rings. The van der Waals surface area contributed by atoms with Crippen molar-refractivity contribution in [3.63, 3.8) is 0 Å². The fraction of sp³-hybridized carbons (Fsp3) is 0.312. The van der Waals surface area contributed by atoms with Gasteiger partial charge in [-0.1, -0.05) is 22.0 Å². The largest absolute Gasteiger partial charge is 0.360 e. The van der Waals surface area contributed by atoms with Crippen LogP contribution in [0.25, 0.3) is 10.9 Å². The van der Waals surface area contributed by atoms with Crippen LogP contribution in [-0.2, 0) is 4.79 Å². The van der Waals surface area contributed by atoms with Gasteiger partial charge in [0.05, 0.1) is 24.7 Å². The first-order chi connectivity index (χ1) is 11.5. The summed E-state index contributed by atoms with van der Waals surface area (Å²) in [6.45, 7) is -0.374. The Bertz CT molecular complexity index is 844. The molecule has 1 aliphatic heterocycles.